The lowest BCUT2D eigenvalue weighted by atomic mass is 9.94. The molecule has 8 heteroatoms. The minimum Gasteiger partial charge on any atom is -0.339 e. The van der Waals surface area contributed by atoms with Crippen LogP contribution in [-0.2, 0) is 6.42 Å². The summed E-state index contributed by atoms with van der Waals surface area (Å²) in [4.78, 5) is 27.6. The summed E-state index contributed by atoms with van der Waals surface area (Å²) in [7, 11) is 0. The van der Waals surface area contributed by atoms with Crippen LogP contribution in [0.1, 0.15) is 29.1 Å². The summed E-state index contributed by atoms with van der Waals surface area (Å²) < 4.78 is 7.43. The van der Waals surface area contributed by atoms with Gasteiger partial charge in [-0.3, -0.25) is 9.78 Å². The van der Waals surface area contributed by atoms with Crippen molar-refractivity contribution in [2.24, 2.45) is 5.92 Å². The topological polar surface area (TPSA) is 89.9 Å². The molecule has 1 aliphatic rings. The quantitative estimate of drug-likeness (QED) is 0.497. The number of carbonyl (C=O) groups is 1. The summed E-state index contributed by atoms with van der Waals surface area (Å²) in [5.41, 5.74) is 2.33. The van der Waals surface area contributed by atoms with Crippen LogP contribution in [0, 0.1) is 5.92 Å². The van der Waals surface area contributed by atoms with Gasteiger partial charge in [0, 0.05) is 55.5 Å². The molecule has 0 N–H and O–H groups in total. The summed E-state index contributed by atoms with van der Waals surface area (Å²) in [5, 5.41) is 4.01. The number of nitrogens with zero attached hydrogens (tertiary/aromatic N) is 6. The Labute approximate surface area is 179 Å². The summed E-state index contributed by atoms with van der Waals surface area (Å²) in [6.07, 6.45) is 11.4. The molecule has 5 rings (SSSR count). The third-order valence-electron chi connectivity index (χ3n) is 5.55. The number of piperidine rings is 1. The highest BCUT2D eigenvalue weighted by Crippen LogP contribution is 2.23. The fourth-order valence-electron chi connectivity index (χ4n) is 3.98. The maximum absolute atomic E-state index is 13.0. The number of carbonyl (C=O) groups excluding carboxylic acids is 1. The molecule has 4 heterocycles. The monoisotopic (exact) mass is 414 g/mol. The zero-order valence-corrected chi connectivity index (χ0v) is 17.0. The van der Waals surface area contributed by atoms with Crippen molar-refractivity contribution >= 4 is 5.91 Å². The maximum Gasteiger partial charge on any atom is 0.253 e. The van der Waals surface area contributed by atoms with Gasteiger partial charge in [0.1, 0.15) is 5.69 Å². The zero-order valence-electron chi connectivity index (χ0n) is 17.0. The van der Waals surface area contributed by atoms with Gasteiger partial charge in [-0.15, -0.1) is 0 Å². The molecule has 31 heavy (non-hydrogen) atoms. The van der Waals surface area contributed by atoms with Crippen LogP contribution in [0.15, 0.2) is 71.9 Å². The van der Waals surface area contributed by atoms with Crippen molar-refractivity contribution in [2.75, 3.05) is 13.1 Å². The van der Waals surface area contributed by atoms with Gasteiger partial charge >= 0.3 is 0 Å². The van der Waals surface area contributed by atoms with Gasteiger partial charge in [0.25, 0.3) is 5.91 Å². The highest BCUT2D eigenvalue weighted by atomic mass is 16.5. The molecule has 1 amide bonds. The van der Waals surface area contributed by atoms with E-state index in [4.69, 9.17) is 4.52 Å². The minimum atomic E-state index is 0.0644. The van der Waals surface area contributed by atoms with Crippen LogP contribution < -0.4 is 0 Å². The van der Waals surface area contributed by atoms with Gasteiger partial charge < -0.3 is 14.0 Å². The molecular weight excluding hydrogens is 392 g/mol. The number of hydrogen-bond acceptors (Lipinski definition) is 6. The number of likely N-dealkylation sites (tertiary alicyclic amines) is 1. The first-order chi connectivity index (χ1) is 15.3. The van der Waals surface area contributed by atoms with Crippen molar-refractivity contribution in [3.05, 3.63) is 78.8 Å². The molecule has 156 valence electrons. The molecule has 1 aliphatic heterocycles. The van der Waals surface area contributed by atoms with E-state index < -0.39 is 0 Å². The summed E-state index contributed by atoms with van der Waals surface area (Å²) in [6, 6.07) is 11.7. The number of rotatable bonds is 5. The zero-order chi connectivity index (χ0) is 21.0. The van der Waals surface area contributed by atoms with Crippen LogP contribution in [0.3, 0.4) is 0 Å². The van der Waals surface area contributed by atoms with Gasteiger partial charge in [0.2, 0.25) is 11.7 Å². The largest absolute Gasteiger partial charge is 0.339 e. The number of benzene rings is 1. The van der Waals surface area contributed by atoms with E-state index in [1.54, 1.807) is 18.6 Å². The van der Waals surface area contributed by atoms with Crippen molar-refractivity contribution < 1.29 is 9.32 Å². The summed E-state index contributed by atoms with van der Waals surface area (Å²) >= 11 is 0. The molecule has 0 unspecified atom stereocenters. The molecule has 1 fully saturated rings. The molecule has 0 spiro atoms. The van der Waals surface area contributed by atoms with E-state index in [1.165, 1.54) is 0 Å². The third kappa shape index (κ3) is 4.23. The molecule has 3 aromatic heterocycles. The molecule has 1 atom stereocenters. The van der Waals surface area contributed by atoms with Crippen LogP contribution in [0.4, 0.5) is 0 Å². The Hall–Kier alpha value is -3.81. The van der Waals surface area contributed by atoms with Crippen LogP contribution in [0.2, 0.25) is 0 Å². The predicted octanol–water partition coefficient (Wildman–Crippen LogP) is 3.41. The van der Waals surface area contributed by atoms with E-state index >= 15 is 0 Å². The van der Waals surface area contributed by atoms with E-state index in [-0.39, 0.29) is 11.8 Å². The van der Waals surface area contributed by atoms with E-state index in [0.29, 0.717) is 35.9 Å². The second kappa shape index (κ2) is 8.51. The Balaban J connectivity index is 1.23. The second-order valence-electron chi connectivity index (χ2n) is 7.70. The average molecular weight is 414 g/mol. The third-order valence-corrected chi connectivity index (χ3v) is 5.55. The van der Waals surface area contributed by atoms with Crippen molar-refractivity contribution in [3.8, 4) is 17.2 Å². The standard InChI is InChI=1S/C23H22N6O2/c30-23(18-5-7-19(8-6-18)28-11-1-2-12-28)29-13-3-4-17(16-29)14-21-26-22(27-31-21)20-15-24-9-10-25-20/h1-2,5-12,15,17H,3-4,13-14,16H2/t17-/m0/s1. The first kappa shape index (κ1) is 19.2. The highest BCUT2D eigenvalue weighted by molar-refractivity contribution is 5.94. The predicted molar refractivity (Wildman–Crippen MR) is 113 cm³/mol. The fourth-order valence-corrected chi connectivity index (χ4v) is 3.98. The second-order valence-corrected chi connectivity index (χ2v) is 7.70. The Morgan fingerprint density at radius 3 is 2.74 bits per heavy atom. The normalized spacial score (nSPS) is 16.4. The molecule has 0 aliphatic carbocycles. The van der Waals surface area contributed by atoms with Gasteiger partial charge in [-0.2, -0.15) is 4.98 Å². The van der Waals surface area contributed by atoms with Crippen molar-refractivity contribution in [3.63, 3.8) is 0 Å². The number of hydrogen-bond donors (Lipinski definition) is 0. The molecule has 4 aromatic rings. The Morgan fingerprint density at radius 1 is 1.13 bits per heavy atom. The van der Waals surface area contributed by atoms with Crippen LogP contribution >= 0.6 is 0 Å². The van der Waals surface area contributed by atoms with Crippen molar-refractivity contribution in [1.82, 2.24) is 29.6 Å². The minimum absolute atomic E-state index is 0.0644. The van der Waals surface area contributed by atoms with E-state index in [2.05, 4.69) is 20.1 Å². The molecule has 1 aromatic carbocycles. The molecular formula is C23H22N6O2. The summed E-state index contributed by atoms with van der Waals surface area (Å²) in [6.45, 7) is 1.45. The maximum atomic E-state index is 13.0. The number of aromatic nitrogens is 5. The Morgan fingerprint density at radius 2 is 1.97 bits per heavy atom. The van der Waals surface area contributed by atoms with Gasteiger partial charge in [-0.1, -0.05) is 5.16 Å². The Kier molecular flexibility index (Phi) is 5.26. The van der Waals surface area contributed by atoms with E-state index in [1.807, 2.05) is 58.3 Å². The van der Waals surface area contributed by atoms with Crippen LogP contribution in [0.5, 0.6) is 0 Å². The average Bonchev–Trinajstić information content (AvgIpc) is 3.52. The molecule has 0 bridgehead atoms. The molecule has 0 radical (unpaired) electrons. The van der Waals surface area contributed by atoms with Crippen LogP contribution in [-0.4, -0.2) is 48.6 Å². The first-order valence-corrected chi connectivity index (χ1v) is 10.4. The molecule has 1 saturated heterocycles. The van der Waals surface area contributed by atoms with Gasteiger partial charge in [-0.05, 0) is 55.2 Å². The summed E-state index contributed by atoms with van der Waals surface area (Å²) in [5.74, 6) is 1.35. The van der Waals surface area contributed by atoms with Gasteiger partial charge in [-0.25, -0.2) is 4.98 Å². The van der Waals surface area contributed by atoms with Crippen LogP contribution in [0.25, 0.3) is 17.2 Å². The first-order valence-electron chi connectivity index (χ1n) is 10.4. The SMILES string of the molecule is O=C(c1ccc(-n2cccc2)cc1)N1CCC[C@@H](Cc2nc(-c3cnccn3)no2)C1. The van der Waals surface area contributed by atoms with Gasteiger partial charge in [0.05, 0.1) is 6.20 Å². The highest BCUT2D eigenvalue weighted by Gasteiger charge is 2.26. The van der Waals surface area contributed by atoms with Crippen molar-refractivity contribution in [2.45, 2.75) is 19.3 Å². The van der Waals surface area contributed by atoms with E-state index in [0.717, 1.165) is 25.1 Å². The Bertz CT molecular complexity index is 1140. The van der Waals surface area contributed by atoms with E-state index in [9.17, 15) is 4.79 Å². The molecule has 0 saturated carbocycles. The van der Waals surface area contributed by atoms with Crippen molar-refractivity contribution in [1.29, 1.82) is 0 Å². The lowest BCUT2D eigenvalue weighted by Gasteiger charge is -2.32. The lowest BCUT2D eigenvalue weighted by Crippen LogP contribution is -2.40. The van der Waals surface area contributed by atoms with Gasteiger partial charge in [0.15, 0.2) is 0 Å². The lowest BCUT2D eigenvalue weighted by molar-refractivity contribution is 0.0668. The fraction of sp³-hybridized carbons (Fsp3) is 0.261. The molecule has 8 nitrogen and oxygen atoms in total. The smallest absolute Gasteiger partial charge is 0.253 e. The number of amides is 1.